The number of carbonyl (C=O) groups excluding carboxylic acids is 2. The number of piperazine rings is 1. The van der Waals surface area contributed by atoms with Crippen molar-refractivity contribution in [1.29, 1.82) is 0 Å². The van der Waals surface area contributed by atoms with Crippen molar-refractivity contribution in [3.63, 3.8) is 0 Å². The lowest BCUT2D eigenvalue weighted by Crippen LogP contribution is -2.50. The molecule has 1 fully saturated rings. The lowest BCUT2D eigenvalue weighted by atomic mass is 10.1. The summed E-state index contributed by atoms with van der Waals surface area (Å²) < 4.78 is 5.33. The quantitative estimate of drug-likeness (QED) is 0.705. The predicted octanol–water partition coefficient (Wildman–Crippen LogP) is 3.25. The van der Waals surface area contributed by atoms with Gasteiger partial charge in [0.2, 0.25) is 0 Å². The molecule has 0 radical (unpaired) electrons. The van der Waals surface area contributed by atoms with Crippen molar-refractivity contribution in [3.05, 3.63) is 77.5 Å². The molecule has 1 aliphatic heterocycles. The molecule has 1 saturated heterocycles. The molecule has 4 rings (SSSR count). The Morgan fingerprint density at radius 3 is 2.21 bits per heavy atom. The maximum Gasteiger partial charge on any atom is 0.276 e. The lowest BCUT2D eigenvalue weighted by molar-refractivity contribution is 0.0530. The molecule has 2 aromatic carbocycles. The minimum Gasteiger partial charge on any atom is -0.355 e. The van der Waals surface area contributed by atoms with Gasteiger partial charge in [-0.15, -0.1) is 0 Å². The monoisotopic (exact) mass is 375 g/mol. The zero-order valence-electron chi connectivity index (χ0n) is 15.7. The molecule has 1 aromatic heterocycles. The lowest BCUT2D eigenvalue weighted by Gasteiger charge is -2.34. The second kappa shape index (κ2) is 7.68. The minimum absolute atomic E-state index is 0.00333. The fourth-order valence-corrected chi connectivity index (χ4v) is 3.35. The van der Waals surface area contributed by atoms with Gasteiger partial charge in [-0.3, -0.25) is 9.59 Å². The van der Waals surface area contributed by atoms with E-state index in [9.17, 15) is 9.59 Å². The molecule has 6 heteroatoms. The molecule has 0 atom stereocenters. The Hall–Kier alpha value is -3.41. The third kappa shape index (κ3) is 3.67. The van der Waals surface area contributed by atoms with E-state index in [1.165, 1.54) is 0 Å². The number of amides is 2. The standard InChI is InChI=1S/C22H21N3O3/c1-16-6-5-9-18(14-16)21(26)24-10-12-25(13-11-24)22(27)19-15-20(28-23-19)17-7-3-2-4-8-17/h2-9,14-15H,10-13H2,1H3. The second-order valence-electron chi connectivity index (χ2n) is 6.90. The zero-order chi connectivity index (χ0) is 19.5. The maximum atomic E-state index is 12.7. The Kier molecular flexibility index (Phi) is 4.93. The molecule has 2 heterocycles. The molecule has 0 bridgehead atoms. The van der Waals surface area contributed by atoms with Crippen molar-refractivity contribution in [1.82, 2.24) is 15.0 Å². The SMILES string of the molecule is Cc1cccc(C(=O)N2CCN(C(=O)c3cc(-c4ccccc4)on3)CC2)c1. The summed E-state index contributed by atoms with van der Waals surface area (Å²) in [4.78, 5) is 28.9. The highest BCUT2D eigenvalue weighted by Crippen LogP contribution is 2.21. The van der Waals surface area contributed by atoms with E-state index < -0.39 is 0 Å². The van der Waals surface area contributed by atoms with E-state index in [1.54, 1.807) is 15.9 Å². The van der Waals surface area contributed by atoms with Crippen LogP contribution in [0.1, 0.15) is 26.4 Å². The highest BCUT2D eigenvalue weighted by atomic mass is 16.5. The molecule has 3 aromatic rings. The summed E-state index contributed by atoms with van der Waals surface area (Å²) in [5, 5.41) is 3.93. The summed E-state index contributed by atoms with van der Waals surface area (Å²) in [6.07, 6.45) is 0. The summed E-state index contributed by atoms with van der Waals surface area (Å²) >= 11 is 0. The van der Waals surface area contributed by atoms with Crippen molar-refractivity contribution in [2.24, 2.45) is 0 Å². The highest BCUT2D eigenvalue weighted by Gasteiger charge is 2.27. The Bertz CT molecular complexity index is 989. The fraction of sp³-hybridized carbons (Fsp3) is 0.227. The predicted molar refractivity (Wildman–Crippen MR) is 105 cm³/mol. The van der Waals surface area contributed by atoms with Gasteiger partial charge < -0.3 is 14.3 Å². The van der Waals surface area contributed by atoms with Crippen LogP contribution >= 0.6 is 0 Å². The molecular formula is C22H21N3O3. The van der Waals surface area contributed by atoms with Gasteiger partial charge in [-0.25, -0.2) is 0 Å². The van der Waals surface area contributed by atoms with Crippen molar-refractivity contribution in [2.75, 3.05) is 26.2 Å². The largest absolute Gasteiger partial charge is 0.355 e. The third-order valence-corrected chi connectivity index (χ3v) is 4.91. The first-order valence-electron chi connectivity index (χ1n) is 9.29. The number of rotatable bonds is 3. The summed E-state index contributed by atoms with van der Waals surface area (Å²) in [6, 6.07) is 18.8. The smallest absolute Gasteiger partial charge is 0.276 e. The molecule has 0 saturated carbocycles. The first-order chi connectivity index (χ1) is 13.6. The molecule has 0 spiro atoms. The van der Waals surface area contributed by atoms with Crippen molar-refractivity contribution in [3.8, 4) is 11.3 Å². The molecule has 142 valence electrons. The average molecular weight is 375 g/mol. The van der Waals surface area contributed by atoms with E-state index in [2.05, 4.69) is 5.16 Å². The molecule has 6 nitrogen and oxygen atoms in total. The average Bonchev–Trinajstić information content (AvgIpc) is 3.24. The molecular weight excluding hydrogens is 354 g/mol. The van der Waals surface area contributed by atoms with Crippen molar-refractivity contribution >= 4 is 11.8 Å². The highest BCUT2D eigenvalue weighted by molar-refractivity contribution is 5.95. The number of nitrogens with zero attached hydrogens (tertiary/aromatic N) is 3. The van der Waals surface area contributed by atoms with Gasteiger partial charge in [-0.1, -0.05) is 53.2 Å². The van der Waals surface area contributed by atoms with Crippen LogP contribution in [0.5, 0.6) is 0 Å². The van der Waals surface area contributed by atoms with Gasteiger partial charge in [0.15, 0.2) is 11.5 Å². The van der Waals surface area contributed by atoms with Gasteiger partial charge in [0.05, 0.1) is 0 Å². The third-order valence-electron chi connectivity index (χ3n) is 4.91. The first-order valence-corrected chi connectivity index (χ1v) is 9.29. The minimum atomic E-state index is -0.173. The van der Waals surface area contributed by atoms with E-state index >= 15 is 0 Å². The van der Waals surface area contributed by atoms with E-state index in [1.807, 2.05) is 61.5 Å². The number of aryl methyl sites for hydroxylation is 1. The number of benzene rings is 2. The molecule has 1 aliphatic rings. The van der Waals surface area contributed by atoms with Gasteiger partial charge >= 0.3 is 0 Å². The van der Waals surface area contributed by atoms with Crippen molar-refractivity contribution in [2.45, 2.75) is 6.92 Å². The van der Waals surface area contributed by atoms with Gasteiger partial charge in [-0.2, -0.15) is 0 Å². The summed E-state index contributed by atoms with van der Waals surface area (Å²) in [7, 11) is 0. The first kappa shape index (κ1) is 18.0. The van der Waals surface area contributed by atoms with Crippen LogP contribution < -0.4 is 0 Å². The normalized spacial score (nSPS) is 14.2. The van der Waals surface area contributed by atoms with E-state index in [0.717, 1.165) is 11.1 Å². The summed E-state index contributed by atoms with van der Waals surface area (Å²) in [6.45, 7) is 3.92. The van der Waals surface area contributed by atoms with Crippen LogP contribution in [0.4, 0.5) is 0 Å². The van der Waals surface area contributed by atoms with Crippen LogP contribution in [0.15, 0.2) is 65.2 Å². The molecule has 0 aliphatic carbocycles. The Labute approximate surface area is 163 Å². The zero-order valence-corrected chi connectivity index (χ0v) is 15.7. The van der Waals surface area contributed by atoms with Gasteiger partial charge in [0.1, 0.15) is 0 Å². The number of hydrogen-bond acceptors (Lipinski definition) is 4. The maximum absolute atomic E-state index is 12.7. The fourth-order valence-electron chi connectivity index (χ4n) is 3.35. The van der Waals surface area contributed by atoms with Crippen molar-refractivity contribution < 1.29 is 14.1 Å². The van der Waals surface area contributed by atoms with Crippen LogP contribution in [-0.4, -0.2) is 52.9 Å². The van der Waals surface area contributed by atoms with Gasteiger partial charge in [0.25, 0.3) is 11.8 Å². The van der Waals surface area contributed by atoms with Crippen LogP contribution in [-0.2, 0) is 0 Å². The van der Waals surface area contributed by atoms with E-state index in [0.29, 0.717) is 37.5 Å². The van der Waals surface area contributed by atoms with Crippen LogP contribution in [0.25, 0.3) is 11.3 Å². The van der Waals surface area contributed by atoms with Gasteiger partial charge in [-0.05, 0) is 19.1 Å². The Morgan fingerprint density at radius 1 is 0.857 bits per heavy atom. The van der Waals surface area contributed by atoms with E-state index in [-0.39, 0.29) is 17.5 Å². The molecule has 0 N–H and O–H groups in total. The molecule has 28 heavy (non-hydrogen) atoms. The second-order valence-corrected chi connectivity index (χ2v) is 6.90. The Balaban J connectivity index is 1.39. The van der Waals surface area contributed by atoms with Crippen LogP contribution in [0, 0.1) is 6.92 Å². The summed E-state index contributed by atoms with van der Waals surface area (Å²) in [5.74, 6) is 0.398. The topological polar surface area (TPSA) is 66.7 Å². The number of aromatic nitrogens is 1. The van der Waals surface area contributed by atoms with E-state index in [4.69, 9.17) is 4.52 Å². The number of carbonyl (C=O) groups is 2. The summed E-state index contributed by atoms with van der Waals surface area (Å²) in [5.41, 5.74) is 2.91. The van der Waals surface area contributed by atoms with Gasteiger partial charge in [0, 0.05) is 43.4 Å². The van der Waals surface area contributed by atoms with Crippen LogP contribution in [0.2, 0.25) is 0 Å². The molecule has 2 amide bonds. The van der Waals surface area contributed by atoms with Crippen LogP contribution in [0.3, 0.4) is 0 Å². The molecule has 0 unspecified atom stereocenters. The number of hydrogen-bond donors (Lipinski definition) is 0. The Morgan fingerprint density at radius 2 is 1.54 bits per heavy atom.